The Morgan fingerprint density at radius 2 is 2.06 bits per heavy atom. The number of likely N-dealkylation sites (tertiary alicyclic amines) is 1. The average molecular weight is 464 g/mol. The average Bonchev–Trinajstić information content (AvgIpc) is 3.42. The van der Waals surface area contributed by atoms with Crippen molar-refractivity contribution >= 4 is 34.8 Å². The molecule has 1 saturated heterocycles. The molecule has 8 heteroatoms. The van der Waals surface area contributed by atoms with E-state index in [4.69, 9.17) is 28.9 Å². The van der Waals surface area contributed by atoms with Crippen molar-refractivity contribution in [3.05, 3.63) is 63.4 Å². The second-order valence-electron chi connectivity index (χ2n) is 8.94. The molecule has 4 N–H and O–H groups in total. The fraction of sp³-hybridized carbons (Fsp3) is 0.435. The van der Waals surface area contributed by atoms with E-state index in [0.29, 0.717) is 28.7 Å². The number of carbonyl (C=O) groups is 1. The summed E-state index contributed by atoms with van der Waals surface area (Å²) in [6.45, 7) is 2.27. The van der Waals surface area contributed by atoms with E-state index in [2.05, 4.69) is 5.32 Å². The fourth-order valence-corrected chi connectivity index (χ4v) is 5.96. The molecule has 1 spiro atoms. The molecular formula is C23H24Cl2FN3O2. The first-order valence-electron chi connectivity index (χ1n) is 10.5. The van der Waals surface area contributed by atoms with Crippen LogP contribution in [0.3, 0.4) is 0 Å². The first-order chi connectivity index (χ1) is 14.8. The second kappa shape index (κ2) is 7.42. The first kappa shape index (κ1) is 21.2. The van der Waals surface area contributed by atoms with Gasteiger partial charge in [-0.1, -0.05) is 41.4 Å². The lowest BCUT2D eigenvalue weighted by atomic mass is 9.73. The van der Waals surface area contributed by atoms with Gasteiger partial charge in [0.25, 0.3) is 0 Å². The van der Waals surface area contributed by atoms with Gasteiger partial charge in [-0.05, 0) is 49.4 Å². The van der Waals surface area contributed by atoms with Crippen molar-refractivity contribution in [2.75, 3.05) is 11.9 Å². The van der Waals surface area contributed by atoms with Crippen LogP contribution in [0.25, 0.3) is 0 Å². The third kappa shape index (κ3) is 3.04. The maximum absolute atomic E-state index is 15.3. The third-order valence-corrected chi connectivity index (χ3v) is 7.52. The number of nitrogens with one attached hydrogen (secondary N) is 1. The van der Waals surface area contributed by atoms with Crippen LogP contribution < -0.4 is 11.1 Å². The molecule has 2 aliphatic heterocycles. The Hall–Kier alpha value is -1.70. The molecule has 164 valence electrons. The van der Waals surface area contributed by atoms with Crippen LogP contribution in [0.1, 0.15) is 36.8 Å². The Morgan fingerprint density at radius 1 is 1.32 bits per heavy atom. The fourth-order valence-electron chi connectivity index (χ4n) is 5.60. The minimum absolute atomic E-state index is 0.0242. The van der Waals surface area contributed by atoms with E-state index < -0.39 is 35.5 Å². The second-order valence-corrected chi connectivity index (χ2v) is 9.78. The Labute approximate surface area is 190 Å². The number of amides is 1. The summed E-state index contributed by atoms with van der Waals surface area (Å²) < 4.78 is 15.3. The number of nitrogens with zero attached hydrogens (tertiary/aromatic N) is 1. The van der Waals surface area contributed by atoms with Gasteiger partial charge in [0, 0.05) is 34.8 Å². The van der Waals surface area contributed by atoms with Crippen LogP contribution in [-0.4, -0.2) is 40.6 Å². The van der Waals surface area contributed by atoms with E-state index in [1.165, 1.54) is 6.07 Å². The summed E-state index contributed by atoms with van der Waals surface area (Å²) in [6.07, 6.45) is 1.29. The molecule has 5 nitrogen and oxygen atoms in total. The van der Waals surface area contributed by atoms with Crippen LogP contribution in [0.5, 0.6) is 0 Å². The molecule has 1 amide bonds. The predicted molar refractivity (Wildman–Crippen MR) is 119 cm³/mol. The molecule has 3 aliphatic rings. The summed E-state index contributed by atoms with van der Waals surface area (Å²) >= 11 is 12.3. The number of nitrogens with two attached hydrogens (primary N) is 1. The zero-order chi connectivity index (χ0) is 22.1. The number of rotatable bonds is 4. The highest BCUT2D eigenvalue weighted by Gasteiger charge is 2.67. The number of benzene rings is 2. The Bertz CT molecular complexity index is 1060. The summed E-state index contributed by atoms with van der Waals surface area (Å²) in [5.41, 5.74) is 7.05. The quantitative estimate of drug-likeness (QED) is 0.642. The lowest BCUT2D eigenvalue weighted by Gasteiger charge is -2.40. The van der Waals surface area contributed by atoms with Crippen molar-refractivity contribution in [1.29, 1.82) is 0 Å². The Kier molecular flexibility index (Phi) is 5.07. The number of fused-ring (bicyclic) bond motifs is 2. The van der Waals surface area contributed by atoms with Crippen molar-refractivity contribution in [2.45, 2.75) is 49.4 Å². The molecule has 5 rings (SSSR count). The van der Waals surface area contributed by atoms with Crippen molar-refractivity contribution in [3.8, 4) is 0 Å². The molecule has 2 fully saturated rings. The molecule has 0 aromatic heterocycles. The summed E-state index contributed by atoms with van der Waals surface area (Å²) in [5, 5.41) is 14.2. The van der Waals surface area contributed by atoms with Crippen molar-refractivity contribution in [3.63, 3.8) is 0 Å². The molecule has 31 heavy (non-hydrogen) atoms. The van der Waals surface area contributed by atoms with Gasteiger partial charge < -0.3 is 16.2 Å². The monoisotopic (exact) mass is 463 g/mol. The molecule has 2 aromatic carbocycles. The van der Waals surface area contributed by atoms with Gasteiger partial charge in [-0.15, -0.1) is 0 Å². The summed E-state index contributed by atoms with van der Waals surface area (Å²) in [5.74, 6) is -1.20. The van der Waals surface area contributed by atoms with Gasteiger partial charge in [0.15, 0.2) is 0 Å². The molecule has 1 saturated carbocycles. The van der Waals surface area contributed by atoms with Gasteiger partial charge in [-0.2, -0.15) is 0 Å². The number of aliphatic hydroxyl groups excluding tert-OH is 1. The van der Waals surface area contributed by atoms with E-state index >= 15 is 4.39 Å². The minimum atomic E-state index is -1.27. The third-order valence-electron chi connectivity index (χ3n) is 6.99. The number of anilines is 1. The molecule has 2 aromatic rings. The van der Waals surface area contributed by atoms with Crippen LogP contribution in [0.4, 0.5) is 10.1 Å². The standard InChI is InChI=1S/C23H24Cl2FN3O2/c1-11(30)21-20(27)18(14-3-2-4-16(25)19(14)26)23(29(21)10-12-5-6-12)15-8-7-13(24)9-17(15)28-22(23)31/h2-4,7-9,11-12,18,20-21,30H,5-6,10,27H2,1H3,(H,28,31)/t11-,18-,20-,21?,23+/m1/s1. The number of hydrogen-bond acceptors (Lipinski definition) is 4. The van der Waals surface area contributed by atoms with E-state index in [9.17, 15) is 9.90 Å². The molecule has 2 heterocycles. The summed E-state index contributed by atoms with van der Waals surface area (Å²) in [6, 6.07) is 8.78. The molecule has 5 atom stereocenters. The van der Waals surface area contributed by atoms with Crippen molar-refractivity contribution in [1.82, 2.24) is 4.90 Å². The Morgan fingerprint density at radius 3 is 2.74 bits per heavy atom. The van der Waals surface area contributed by atoms with E-state index in [-0.39, 0.29) is 16.5 Å². The molecule has 0 bridgehead atoms. The van der Waals surface area contributed by atoms with Crippen LogP contribution >= 0.6 is 23.2 Å². The van der Waals surface area contributed by atoms with Crippen molar-refractivity contribution < 1.29 is 14.3 Å². The molecular weight excluding hydrogens is 440 g/mol. The minimum Gasteiger partial charge on any atom is -0.392 e. The van der Waals surface area contributed by atoms with Crippen LogP contribution in [0.2, 0.25) is 10.0 Å². The largest absolute Gasteiger partial charge is 0.392 e. The van der Waals surface area contributed by atoms with Gasteiger partial charge in [0.1, 0.15) is 11.4 Å². The number of aliphatic hydroxyl groups is 1. The van der Waals surface area contributed by atoms with E-state index in [0.717, 1.165) is 12.8 Å². The normalized spacial score (nSPS) is 31.2. The van der Waals surface area contributed by atoms with Gasteiger partial charge in [0.05, 0.1) is 17.2 Å². The topological polar surface area (TPSA) is 78.6 Å². The van der Waals surface area contributed by atoms with Crippen LogP contribution in [0.15, 0.2) is 36.4 Å². The van der Waals surface area contributed by atoms with Crippen LogP contribution in [-0.2, 0) is 10.3 Å². The molecule has 1 unspecified atom stereocenters. The lowest BCUT2D eigenvalue weighted by molar-refractivity contribution is -0.128. The van der Waals surface area contributed by atoms with E-state index in [1.807, 2.05) is 11.0 Å². The first-order valence-corrected chi connectivity index (χ1v) is 11.3. The molecule has 1 aliphatic carbocycles. The maximum atomic E-state index is 15.3. The number of carbonyl (C=O) groups excluding carboxylic acids is 1. The van der Waals surface area contributed by atoms with E-state index in [1.54, 1.807) is 31.2 Å². The van der Waals surface area contributed by atoms with Gasteiger partial charge in [-0.25, -0.2) is 4.39 Å². The Balaban J connectivity index is 1.80. The highest BCUT2D eigenvalue weighted by atomic mass is 35.5. The highest BCUT2D eigenvalue weighted by Crippen LogP contribution is 2.58. The lowest BCUT2D eigenvalue weighted by Crippen LogP contribution is -2.55. The van der Waals surface area contributed by atoms with Crippen molar-refractivity contribution in [2.24, 2.45) is 11.7 Å². The summed E-state index contributed by atoms with van der Waals surface area (Å²) in [4.78, 5) is 15.8. The predicted octanol–water partition coefficient (Wildman–Crippen LogP) is 3.87. The van der Waals surface area contributed by atoms with Gasteiger partial charge in [0.2, 0.25) is 5.91 Å². The zero-order valence-electron chi connectivity index (χ0n) is 17.0. The van der Waals surface area contributed by atoms with Crippen LogP contribution in [0, 0.1) is 11.7 Å². The number of halogens is 3. The zero-order valence-corrected chi connectivity index (χ0v) is 18.5. The maximum Gasteiger partial charge on any atom is 0.250 e. The van der Waals surface area contributed by atoms with Gasteiger partial charge >= 0.3 is 0 Å². The highest BCUT2D eigenvalue weighted by molar-refractivity contribution is 6.31. The van der Waals surface area contributed by atoms with Gasteiger partial charge in [-0.3, -0.25) is 9.69 Å². The summed E-state index contributed by atoms with van der Waals surface area (Å²) in [7, 11) is 0. The number of hydrogen-bond donors (Lipinski definition) is 3. The SMILES string of the molecule is C[C@@H](O)C1[C@H](N)[C@@H](c2cccc(Cl)c2F)[C@@]2(C(=O)Nc3cc(Cl)ccc32)N1CC1CC1. The molecule has 0 radical (unpaired) electrons. The smallest absolute Gasteiger partial charge is 0.250 e.